The standard InChI is InChI=1S/C21H19F2N3O4/c22-21(23)10-8-20(9-11-21)18(28)26(19(29)25-20)13-16(27)14-4-6-15(7-5-14)30-17-3-1-2-12-24-17/h1-7,12H,8-11,13H2,(H,25,29). The van der Waals surface area contributed by atoms with Crippen molar-refractivity contribution < 1.29 is 27.9 Å². The molecule has 2 aliphatic rings. The molecule has 1 saturated heterocycles. The maximum Gasteiger partial charge on any atom is 0.325 e. The van der Waals surface area contributed by atoms with Gasteiger partial charge in [0.2, 0.25) is 11.8 Å². The van der Waals surface area contributed by atoms with E-state index in [4.69, 9.17) is 4.74 Å². The van der Waals surface area contributed by atoms with Gasteiger partial charge in [0.15, 0.2) is 5.78 Å². The number of pyridine rings is 1. The summed E-state index contributed by atoms with van der Waals surface area (Å²) in [6.07, 6.45) is 0.353. The molecular weight excluding hydrogens is 396 g/mol. The van der Waals surface area contributed by atoms with E-state index in [9.17, 15) is 23.2 Å². The Kier molecular flexibility index (Phi) is 4.97. The van der Waals surface area contributed by atoms with Gasteiger partial charge in [-0.25, -0.2) is 18.6 Å². The van der Waals surface area contributed by atoms with E-state index < -0.39 is 48.6 Å². The lowest BCUT2D eigenvalue weighted by Gasteiger charge is -2.34. The van der Waals surface area contributed by atoms with Gasteiger partial charge in [0.25, 0.3) is 5.91 Å². The predicted molar refractivity (Wildman–Crippen MR) is 101 cm³/mol. The van der Waals surface area contributed by atoms with Crippen molar-refractivity contribution in [2.45, 2.75) is 37.1 Å². The number of imide groups is 1. The fourth-order valence-corrected chi connectivity index (χ4v) is 3.67. The average Bonchev–Trinajstić information content (AvgIpc) is 2.96. The molecule has 1 aromatic carbocycles. The Bertz CT molecular complexity index is 970. The second-order valence-electron chi connectivity index (χ2n) is 7.48. The van der Waals surface area contributed by atoms with E-state index >= 15 is 0 Å². The van der Waals surface area contributed by atoms with Crippen LogP contribution in [0.3, 0.4) is 0 Å². The Morgan fingerprint density at radius 2 is 1.77 bits per heavy atom. The van der Waals surface area contributed by atoms with Crippen LogP contribution < -0.4 is 10.1 Å². The van der Waals surface area contributed by atoms with Crippen LogP contribution in [-0.2, 0) is 4.79 Å². The summed E-state index contributed by atoms with van der Waals surface area (Å²) in [7, 11) is 0. The molecule has 2 fully saturated rings. The number of Topliss-reactive ketones (excluding diaryl/α,β-unsaturated/α-hetero) is 1. The molecule has 0 bridgehead atoms. The number of nitrogens with one attached hydrogen (secondary N) is 1. The van der Waals surface area contributed by atoms with Gasteiger partial charge >= 0.3 is 6.03 Å². The van der Waals surface area contributed by atoms with Gasteiger partial charge in [0.05, 0.1) is 6.54 Å². The van der Waals surface area contributed by atoms with Crippen LogP contribution in [0.1, 0.15) is 36.0 Å². The molecule has 2 aromatic rings. The Hall–Kier alpha value is -3.36. The maximum atomic E-state index is 13.5. The lowest BCUT2D eigenvalue weighted by atomic mass is 9.80. The van der Waals surface area contributed by atoms with Crippen LogP contribution in [0.25, 0.3) is 0 Å². The highest BCUT2D eigenvalue weighted by molar-refractivity contribution is 6.11. The Morgan fingerprint density at radius 3 is 2.40 bits per heavy atom. The zero-order chi connectivity index (χ0) is 21.4. The van der Waals surface area contributed by atoms with Crippen LogP contribution in [-0.4, -0.2) is 45.6 Å². The number of carbonyl (C=O) groups excluding carboxylic acids is 3. The van der Waals surface area contributed by atoms with Crippen molar-refractivity contribution in [1.82, 2.24) is 15.2 Å². The molecule has 1 aliphatic carbocycles. The quantitative estimate of drug-likeness (QED) is 0.596. The largest absolute Gasteiger partial charge is 0.439 e. The molecular formula is C21H19F2N3O4. The topological polar surface area (TPSA) is 88.6 Å². The number of ketones is 1. The van der Waals surface area contributed by atoms with Crippen molar-refractivity contribution in [3.05, 3.63) is 54.2 Å². The molecule has 1 N–H and O–H groups in total. The number of nitrogens with zero attached hydrogens (tertiary/aromatic N) is 2. The number of amides is 3. The van der Waals surface area contributed by atoms with Crippen molar-refractivity contribution in [2.24, 2.45) is 0 Å². The number of ether oxygens (including phenoxy) is 1. The van der Waals surface area contributed by atoms with Crippen molar-refractivity contribution in [3.63, 3.8) is 0 Å². The van der Waals surface area contributed by atoms with Crippen molar-refractivity contribution in [1.29, 1.82) is 0 Å². The van der Waals surface area contributed by atoms with E-state index in [2.05, 4.69) is 10.3 Å². The van der Waals surface area contributed by atoms with E-state index in [0.29, 0.717) is 17.2 Å². The number of benzene rings is 1. The summed E-state index contributed by atoms with van der Waals surface area (Å²) in [5, 5.41) is 2.53. The van der Waals surface area contributed by atoms with E-state index in [0.717, 1.165) is 4.90 Å². The molecule has 1 aromatic heterocycles. The summed E-state index contributed by atoms with van der Waals surface area (Å²) in [4.78, 5) is 42.5. The highest BCUT2D eigenvalue weighted by Crippen LogP contribution is 2.41. The maximum absolute atomic E-state index is 13.5. The average molecular weight is 415 g/mol. The van der Waals surface area contributed by atoms with Gasteiger partial charge in [-0.05, 0) is 43.2 Å². The zero-order valence-corrected chi connectivity index (χ0v) is 15.9. The number of aromatic nitrogens is 1. The van der Waals surface area contributed by atoms with Gasteiger partial charge < -0.3 is 10.1 Å². The Labute approximate surface area is 171 Å². The molecule has 3 amide bonds. The van der Waals surface area contributed by atoms with Crippen molar-refractivity contribution >= 4 is 17.7 Å². The molecule has 0 unspecified atom stereocenters. The van der Waals surface area contributed by atoms with Gasteiger partial charge in [0.1, 0.15) is 11.3 Å². The molecule has 9 heteroatoms. The number of halogens is 2. The molecule has 0 radical (unpaired) electrons. The van der Waals surface area contributed by atoms with Crippen LogP contribution in [0.15, 0.2) is 48.7 Å². The molecule has 1 saturated carbocycles. The first-order valence-electron chi connectivity index (χ1n) is 9.52. The summed E-state index contributed by atoms with van der Waals surface area (Å²) in [5.74, 6) is -3.02. The van der Waals surface area contributed by atoms with Gasteiger partial charge in [-0.3, -0.25) is 14.5 Å². The molecule has 2 heterocycles. The predicted octanol–water partition coefficient (Wildman–Crippen LogP) is 3.56. The van der Waals surface area contributed by atoms with Gasteiger partial charge in [-0.2, -0.15) is 0 Å². The Morgan fingerprint density at radius 1 is 1.07 bits per heavy atom. The SMILES string of the molecule is O=C(CN1C(=O)NC2(CCC(F)(F)CC2)C1=O)c1ccc(Oc2ccccn2)cc1. The normalized spacial score (nSPS) is 19.6. The Balaban J connectivity index is 1.41. The lowest BCUT2D eigenvalue weighted by molar-refractivity contribution is -0.135. The van der Waals surface area contributed by atoms with Gasteiger partial charge in [0, 0.05) is 30.7 Å². The summed E-state index contributed by atoms with van der Waals surface area (Å²) < 4.78 is 32.5. The van der Waals surface area contributed by atoms with E-state index in [1.54, 1.807) is 36.5 Å². The summed E-state index contributed by atoms with van der Waals surface area (Å²) in [6.45, 7) is -0.455. The van der Waals surface area contributed by atoms with E-state index in [1.807, 2.05) is 0 Å². The third-order valence-corrected chi connectivity index (χ3v) is 5.42. The number of urea groups is 1. The second kappa shape index (κ2) is 7.47. The lowest BCUT2D eigenvalue weighted by Crippen LogP contribution is -2.51. The summed E-state index contributed by atoms with van der Waals surface area (Å²) in [5.41, 5.74) is -1.04. The third kappa shape index (κ3) is 3.87. The smallest absolute Gasteiger partial charge is 0.325 e. The summed E-state index contributed by atoms with van der Waals surface area (Å²) in [6, 6.07) is 10.7. The first-order chi connectivity index (χ1) is 14.3. The van der Waals surface area contributed by atoms with E-state index in [-0.39, 0.29) is 12.8 Å². The number of hydrogen-bond acceptors (Lipinski definition) is 5. The second-order valence-corrected chi connectivity index (χ2v) is 7.48. The molecule has 1 aliphatic heterocycles. The third-order valence-electron chi connectivity index (χ3n) is 5.42. The summed E-state index contributed by atoms with van der Waals surface area (Å²) >= 11 is 0. The first kappa shape index (κ1) is 19.9. The van der Waals surface area contributed by atoms with E-state index in [1.165, 1.54) is 12.1 Å². The highest BCUT2D eigenvalue weighted by Gasteiger charge is 2.55. The van der Waals surface area contributed by atoms with Crippen LogP contribution in [0.2, 0.25) is 0 Å². The fraction of sp³-hybridized carbons (Fsp3) is 0.333. The minimum atomic E-state index is -2.83. The van der Waals surface area contributed by atoms with Crippen molar-refractivity contribution in [3.8, 4) is 11.6 Å². The number of carbonyl (C=O) groups is 3. The molecule has 0 atom stereocenters. The fourth-order valence-electron chi connectivity index (χ4n) is 3.67. The monoisotopic (exact) mass is 415 g/mol. The number of rotatable bonds is 5. The zero-order valence-electron chi connectivity index (χ0n) is 15.9. The van der Waals surface area contributed by atoms with Crippen LogP contribution in [0, 0.1) is 0 Å². The minimum absolute atomic E-state index is 0.144. The van der Waals surface area contributed by atoms with Crippen molar-refractivity contribution in [2.75, 3.05) is 6.54 Å². The number of hydrogen-bond donors (Lipinski definition) is 1. The van der Waals surface area contributed by atoms with Crippen LogP contribution in [0.4, 0.5) is 13.6 Å². The minimum Gasteiger partial charge on any atom is -0.439 e. The molecule has 30 heavy (non-hydrogen) atoms. The molecule has 4 rings (SSSR count). The highest BCUT2D eigenvalue weighted by atomic mass is 19.3. The number of alkyl halides is 2. The molecule has 1 spiro atoms. The van der Waals surface area contributed by atoms with Crippen LogP contribution >= 0.6 is 0 Å². The van der Waals surface area contributed by atoms with Crippen LogP contribution in [0.5, 0.6) is 11.6 Å². The molecule has 156 valence electrons. The van der Waals surface area contributed by atoms with Gasteiger partial charge in [-0.1, -0.05) is 6.07 Å². The van der Waals surface area contributed by atoms with Gasteiger partial charge in [-0.15, -0.1) is 0 Å². The first-order valence-corrected chi connectivity index (χ1v) is 9.52. The molecule has 7 nitrogen and oxygen atoms in total.